The molecule has 0 bridgehead atoms. The lowest BCUT2D eigenvalue weighted by Crippen LogP contribution is -2.14. The molecule has 0 unspecified atom stereocenters. The maximum absolute atomic E-state index is 13.1. The van der Waals surface area contributed by atoms with E-state index in [2.05, 4.69) is 25.2 Å². The topological polar surface area (TPSA) is 99.9 Å². The molecule has 8 nitrogen and oxygen atoms in total. The second kappa shape index (κ2) is 8.11. The number of methoxy groups -OCH3 is 1. The second-order valence-electron chi connectivity index (χ2n) is 5.99. The zero-order valence-corrected chi connectivity index (χ0v) is 16.2. The molecule has 0 spiro atoms. The Kier molecular flexibility index (Phi) is 5.21. The molecule has 2 heterocycles. The van der Waals surface area contributed by atoms with Gasteiger partial charge in [0, 0.05) is 5.56 Å². The first-order chi connectivity index (χ1) is 14.2. The van der Waals surface area contributed by atoms with Crippen LogP contribution in [-0.4, -0.2) is 44.1 Å². The number of aromatic nitrogens is 5. The van der Waals surface area contributed by atoms with Crippen LogP contribution in [0.3, 0.4) is 0 Å². The third kappa shape index (κ3) is 3.81. The number of carbonyl (C=O) groups excluding carboxylic acids is 2. The molecule has 0 radical (unpaired) electrons. The Labute approximate surface area is 169 Å². The summed E-state index contributed by atoms with van der Waals surface area (Å²) in [5.74, 6) is -0.386. The standard InChI is InChI=1S/C20H15N5O3S/c1-28-15(26)12-25-19(22-23-24-25)20-21-16(17(27)13-8-4-2-5-9-13)18(29-20)14-10-6-3-7-11-14/h2-11H,12H2,1H3. The van der Waals surface area contributed by atoms with Crippen LogP contribution >= 0.6 is 11.3 Å². The van der Waals surface area contributed by atoms with E-state index in [9.17, 15) is 9.59 Å². The van der Waals surface area contributed by atoms with E-state index < -0.39 is 5.97 Å². The van der Waals surface area contributed by atoms with Gasteiger partial charge in [-0.15, -0.1) is 16.4 Å². The number of carbonyl (C=O) groups is 2. The van der Waals surface area contributed by atoms with Crippen molar-refractivity contribution in [3.8, 4) is 21.3 Å². The SMILES string of the molecule is COC(=O)Cn1nnnc1-c1nc(C(=O)c2ccccc2)c(-c2ccccc2)s1. The number of hydrogen-bond acceptors (Lipinski definition) is 8. The number of ether oxygens (including phenoxy) is 1. The molecule has 2 aromatic carbocycles. The second-order valence-corrected chi connectivity index (χ2v) is 6.99. The normalized spacial score (nSPS) is 10.7. The van der Waals surface area contributed by atoms with Crippen molar-refractivity contribution < 1.29 is 14.3 Å². The highest BCUT2D eigenvalue weighted by atomic mass is 32.1. The van der Waals surface area contributed by atoms with Gasteiger partial charge in [-0.3, -0.25) is 9.59 Å². The summed E-state index contributed by atoms with van der Waals surface area (Å²) in [6.45, 7) is -0.152. The van der Waals surface area contributed by atoms with Crippen molar-refractivity contribution in [3.05, 3.63) is 71.9 Å². The molecule has 2 aromatic heterocycles. The van der Waals surface area contributed by atoms with Gasteiger partial charge in [0.25, 0.3) is 0 Å². The highest BCUT2D eigenvalue weighted by molar-refractivity contribution is 7.18. The molecule has 144 valence electrons. The first-order valence-electron chi connectivity index (χ1n) is 8.66. The van der Waals surface area contributed by atoms with E-state index in [1.165, 1.54) is 23.1 Å². The average Bonchev–Trinajstić information content (AvgIpc) is 3.41. The number of rotatable bonds is 6. The Balaban J connectivity index is 1.82. The van der Waals surface area contributed by atoms with Crippen molar-refractivity contribution in [2.75, 3.05) is 7.11 Å². The van der Waals surface area contributed by atoms with E-state index in [-0.39, 0.29) is 12.3 Å². The zero-order chi connectivity index (χ0) is 20.2. The molecule has 4 rings (SSSR count). The van der Waals surface area contributed by atoms with E-state index in [0.717, 1.165) is 5.56 Å². The molecule has 9 heteroatoms. The highest BCUT2D eigenvalue weighted by Gasteiger charge is 2.24. The van der Waals surface area contributed by atoms with E-state index in [0.29, 0.717) is 27.0 Å². The third-order valence-electron chi connectivity index (χ3n) is 4.14. The number of esters is 1. The third-order valence-corrected chi connectivity index (χ3v) is 5.24. The number of benzene rings is 2. The van der Waals surface area contributed by atoms with Crippen molar-refractivity contribution in [3.63, 3.8) is 0 Å². The van der Waals surface area contributed by atoms with Gasteiger partial charge < -0.3 is 4.74 Å². The van der Waals surface area contributed by atoms with E-state index in [1.54, 1.807) is 24.3 Å². The number of tetrazole rings is 1. The quantitative estimate of drug-likeness (QED) is 0.359. The molecule has 0 N–H and O–H groups in total. The summed E-state index contributed by atoms with van der Waals surface area (Å²) in [7, 11) is 1.29. The van der Waals surface area contributed by atoms with Gasteiger partial charge in [0.05, 0.1) is 12.0 Å². The van der Waals surface area contributed by atoms with Crippen LogP contribution in [0.25, 0.3) is 21.3 Å². The summed E-state index contributed by atoms with van der Waals surface area (Å²) in [5.41, 5.74) is 1.72. The minimum absolute atomic E-state index is 0.152. The fourth-order valence-corrected chi connectivity index (χ4v) is 3.79. The largest absolute Gasteiger partial charge is 0.468 e. The van der Waals surface area contributed by atoms with Crippen LogP contribution < -0.4 is 0 Å². The van der Waals surface area contributed by atoms with Gasteiger partial charge >= 0.3 is 5.97 Å². The monoisotopic (exact) mass is 405 g/mol. The van der Waals surface area contributed by atoms with Gasteiger partial charge in [-0.2, -0.15) is 0 Å². The molecule has 0 aliphatic carbocycles. The molecule has 29 heavy (non-hydrogen) atoms. The molecule has 0 aliphatic heterocycles. The summed E-state index contributed by atoms with van der Waals surface area (Å²) in [4.78, 5) is 30.0. The van der Waals surface area contributed by atoms with Crippen molar-refractivity contribution >= 4 is 23.1 Å². The highest BCUT2D eigenvalue weighted by Crippen LogP contribution is 2.35. The van der Waals surface area contributed by atoms with Crippen LogP contribution in [0.5, 0.6) is 0 Å². The average molecular weight is 405 g/mol. The maximum atomic E-state index is 13.1. The Morgan fingerprint density at radius 2 is 1.72 bits per heavy atom. The molecule has 0 saturated heterocycles. The van der Waals surface area contributed by atoms with E-state index in [4.69, 9.17) is 0 Å². The lowest BCUT2D eigenvalue weighted by atomic mass is 10.0. The predicted octanol–water partition coefficient (Wildman–Crippen LogP) is 2.87. The molecule has 0 saturated carbocycles. The van der Waals surface area contributed by atoms with Gasteiger partial charge in [-0.1, -0.05) is 60.7 Å². The molecular weight excluding hydrogens is 390 g/mol. The van der Waals surface area contributed by atoms with Gasteiger partial charge in [-0.05, 0) is 16.0 Å². The fraction of sp³-hybridized carbons (Fsp3) is 0.100. The summed E-state index contributed by atoms with van der Waals surface area (Å²) in [5, 5.41) is 11.9. The van der Waals surface area contributed by atoms with Crippen molar-refractivity contribution in [2.45, 2.75) is 6.54 Å². The molecule has 0 aliphatic rings. The van der Waals surface area contributed by atoms with Gasteiger partial charge in [0.15, 0.2) is 5.01 Å². The zero-order valence-electron chi connectivity index (χ0n) is 15.3. The predicted molar refractivity (Wildman–Crippen MR) is 106 cm³/mol. The Bertz CT molecular complexity index is 1160. The summed E-state index contributed by atoms with van der Waals surface area (Å²) >= 11 is 1.29. The number of hydrogen-bond donors (Lipinski definition) is 0. The number of thiazole rings is 1. The minimum Gasteiger partial charge on any atom is -0.468 e. The Morgan fingerprint density at radius 1 is 1.03 bits per heavy atom. The van der Waals surface area contributed by atoms with Crippen molar-refractivity contribution in [1.82, 2.24) is 25.2 Å². The molecule has 0 fully saturated rings. The summed E-state index contributed by atoms with van der Waals surface area (Å²) < 4.78 is 5.98. The van der Waals surface area contributed by atoms with Crippen molar-refractivity contribution in [1.29, 1.82) is 0 Å². The van der Waals surface area contributed by atoms with Gasteiger partial charge in [0.1, 0.15) is 12.2 Å². The molecule has 0 amide bonds. The van der Waals surface area contributed by atoms with Crippen LogP contribution in [0, 0.1) is 0 Å². The lowest BCUT2D eigenvalue weighted by molar-refractivity contribution is -0.141. The van der Waals surface area contributed by atoms with Crippen LogP contribution in [0.1, 0.15) is 16.1 Å². The van der Waals surface area contributed by atoms with Crippen LogP contribution in [0.15, 0.2) is 60.7 Å². The fourth-order valence-electron chi connectivity index (χ4n) is 2.73. The summed E-state index contributed by atoms with van der Waals surface area (Å²) in [6, 6.07) is 18.5. The lowest BCUT2D eigenvalue weighted by Gasteiger charge is -2.02. The maximum Gasteiger partial charge on any atom is 0.327 e. The first kappa shape index (κ1) is 18.6. The Hall–Kier alpha value is -3.72. The molecule has 0 atom stereocenters. The van der Waals surface area contributed by atoms with Crippen LogP contribution in [-0.2, 0) is 16.1 Å². The van der Waals surface area contributed by atoms with E-state index in [1.807, 2.05) is 36.4 Å². The Morgan fingerprint density at radius 3 is 2.41 bits per heavy atom. The smallest absolute Gasteiger partial charge is 0.327 e. The summed E-state index contributed by atoms with van der Waals surface area (Å²) in [6.07, 6.45) is 0. The minimum atomic E-state index is -0.487. The molecule has 4 aromatic rings. The van der Waals surface area contributed by atoms with Gasteiger partial charge in [-0.25, -0.2) is 9.67 Å². The molecular formula is C20H15N5O3S. The van der Waals surface area contributed by atoms with Crippen LogP contribution in [0.2, 0.25) is 0 Å². The van der Waals surface area contributed by atoms with Gasteiger partial charge in [0.2, 0.25) is 11.6 Å². The van der Waals surface area contributed by atoms with E-state index >= 15 is 0 Å². The van der Waals surface area contributed by atoms with Crippen LogP contribution in [0.4, 0.5) is 0 Å². The number of ketones is 1. The number of nitrogens with zero attached hydrogens (tertiary/aromatic N) is 5. The van der Waals surface area contributed by atoms with Crippen molar-refractivity contribution in [2.24, 2.45) is 0 Å². The first-order valence-corrected chi connectivity index (χ1v) is 9.48.